The molecule has 0 radical (unpaired) electrons. The molecule has 112 valence electrons. The van der Waals surface area contributed by atoms with Gasteiger partial charge < -0.3 is 0 Å². The quantitative estimate of drug-likeness (QED) is 0.535. The molecule has 2 saturated carbocycles. The topological polar surface area (TPSA) is 0 Å². The highest BCUT2D eigenvalue weighted by Gasteiger charge is 2.44. The molecular formula is C18H33Cl. The summed E-state index contributed by atoms with van der Waals surface area (Å²) in [6.07, 6.45) is 8.24. The molecule has 0 saturated heterocycles. The molecule has 0 bridgehead atoms. The summed E-state index contributed by atoms with van der Waals surface area (Å²) in [5.74, 6) is 4.26. The lowest BCUT2D eigenvalue weighted by Crippen LogP contribution is -2.43. The van der Waals surface area contributed by atoms with Crippen molar-refractivity contribution in [1.82, 2.24) is 0 Å². The van der Waals surface area contributed by atoms with Crippen LogP contribution in [0.5, 0.6) is 0 Å². The molecule has 0 aliphatic heterocycles. The molecule has 0 aromatic rings. The molecule has 1 heteroatoms. The van der Waals surface area contributed by atoms with Crippen molar-refractivity contribution in [2.75, 3.05) is 0 Å². The number of hydrogen-bond donors (Lipinski definition) is 0. The first-order valence-electron chi connectivity index (χ1n) is 8.44. The van der Waals surface area contributed by atoms with Gasteiger partial charge in [-0.25, -0.2) is 0 Å². The number of alkyl halides is 1. The Bertz CT molecular complexity index is 286. The van der Waals surface area contributed by atoms with Gasteiger partial charge >= 0.3 is 0 Å². The number of rotatable bonds is 2. The predicted octanol–water partition coefficient (Wildman–Crippen LogP) is 6.13. The van der Waals surface area contributed by atoms with Gasteiger partial charge in [0.2, 0.25) is 0 Å². The van der Waals surface area contributed by atoms with Crippen LogP contribution in [0, 0.1) is 35.0 Å². The number of hydrogen-bond acceptors (Lipinski definition) is 0. The van der Waals surface area contributed by atoms with Crippen LogP contribution >= 0.6 is 11.6 Å². The Balaban J connectivity index is 2.08. The summed E-state index contributed by atoms with van der Waals surface area (Å²) in [7, 11) is 0. The smallest absolute Gasteiger partial charge is 0.0372 e. The van der Waals surface area contributed by atoms with E-state index in [9.17, 15) is 0 Å². The van der Waals surface area contributed by atoms with Gasteiger partial charge in [0.15, 0.2) is 0 Å². The summed E-state index contributed by atoms with van der Waals surface area (Å²) in [5.41, 5.74) is 0.426. The van der Waals surface area contributed by atoms with Crippen molar-refractivity contribution in [3.63, 3.8) is 0 Å². The fourth-order valence-corrected chi connectivity index (χ4v) is 5.76. The van der Waals surface area contributed by atoms with Crippen LogP contribution in [0.3, 0.4) is 0 Å². The van der Waals surface area contributed by atoms with E-state index in [0.29, 0.717) is 10.8 Å². The maximum Gasteiger partial charge on any atom is 0.0372 e. The Kier molecular flexibility index (Phi) is 4.92. The molecule has 2 aliphatic carbocycles. The molecule has 0 heterocycles. The molecule has 0 amide bonds. The van der Waals surface area contributed by atoms with Crippen LogP contribution in [0.25, 0.3) is 0 Å². The summed E-state index contributed by atoms with van der Waals surface area (Å²) in [6.45, 7) is 12.3. The second-order valence-corrected chi connectivity index (χ2v) is 9.04. The molecule has 5 unspecified atom stereocenters. The summed E-state index contributed by atoms with van der Waals surface area (Å²) in [4.78, 5) is 0. The van der Waals surface area contributed by atoms with E-state index < -0.39 is 0 Å². The second kappa shape index (κ2) is 5.96. The largest absolute Gasteiger partial charge is 0.123 e. The minimum atomic E-state index is 0.409. The zero-order valence-electron chi connectivity index (χ0n) is 13.6. The standard InChI is InChI=1S/C18H33Cl/c1-12-6-7-16(17(19)11-12)18(4,5)15-9-13(2)8-14(3)10-15/h12-17H,6-11H2,1-5H3. The third kappa shape index (κ3) is 3.49. The van der Waals surface area contributed by atoms with Crippen LogP contribution in [0.15, 0.2) is 0 Å². The highest BCUT2D eigenvalue weighted by atomic mass is 35.5. The van der Waals surface area contributed by atoms with Crippen LogP contribution in [0.4, 0.5) is 0 Å². The second-order valence-electron chi connectivity index (χ2n) is 8.48. The average molecular weight is 285 g/mol. The van der Waals surface area contributed by atoms with Crippen molar-refractivity contribution in [2.24, 2.45) is 35.0 Å². The van der Waals surface area contributed by atoms with Crippen LogP contribution < -0.4 is 0 Å². The van der Waals surface area contributed by atoms with Crippen LogP contribution in [-0.2, 0) is 0 Å². The Morgan fingerprint density at radius 2 is 1.37 bits per heavy atom. The van der Waals surface area contributed by atoms with Crippen molar-refractivity contribution in [3.05, 3.63) is 0 Å². The van der Waals surface area contributed by atoms with Gasteiger partial charge in [-0.05, 0) is 67.1 Å². The maximum absolute atomic E-state index is 6.75. The minimum absolute atomic E-state index is 0.409. The molecular weight excluding hydrogens is 252 g/mol. The van der Waals surface area contributed by atoms with E-state index in [1.807, 2.05) is 0 Å². The highest BCUT2D eigenvalue weighted by molar-refractivity contribution is 6.20. The van der Waals surface area contributed by atoms with Crippen molar-refractivity contribution in [1.29, 1.82) is 0 Å². The molecule has 2 fully saturated rings. The first kappa shape index (κ1) is 15.7. The van der Waals surface area contributed by atoms with Gasteiger partial charge in [0.1, 0.15) is 0 Å². The first-order valence-corrected chi connectivity index (χ1v) is 8.88. The zero-order chi connectivity index (χ0) is 14.2. The molecule has 19 heavy (non-hydrogen) atoms. The first-order chi connectivity index (χ1) is 8.80. The van der Waals surface area contributed by atoms with E-state index in [-0.39, 0.29) is 0 Å². The molecule has 0 nitrogen and oxygen atoms in total. The van der Waals surface area contributed by atoms with E-state index in [0.717, 1.165) is 29.6 Å². The molecule has 0 aromatic heterocycles. The van der Waals surface area contributed by atoms with Crippen LogP contribution in [-0.4, -0.2) is 5.38 Å². The average Bonchev–Trinajstić information content (AvgIpc) is 2.26. The van der Waals surface area contributed by atoms with Crippen LogP contribution in [0.2, 0.25) is 0 Å². The lowest BCUT2D eigenvalue weighted by atomic mass is 9.57. The van der Waals surface area contributed by atoms with Gasteiger partial charge in [-0.3, -0.25) is 0 Å². The lowest BCUT2D eigenvalue weighted by Gasteiger charge is -2.49. The summed E-state index contributed by atoms with van der Waals surface area (Å²) in [6, 6.07) is 0. The maximum atomic E-state index is 6.75. The van der Waals surface area contributed by atoms with Crippen molar-refractivity contribution < 1.29 is 0 Å². The van der Waals surface area contributed by atoms with E-state index in [2.05, 4.69) is 34.6 Å². The lowest BCUT2D eigenvalue weighted by molar-refractivity contribution is 0.0266. The van der Waals surface area contributed by atoms with E-state index in [1.54, 1.807) is 0 Å². The Morgan fingerprint density at radius 1 is 0.789 bits per heavy atom. The van der Waals surface area contributed by atoms with Gasteiger partial charge in [0.05, 0.1) is 0 Å². The third-order valence-electron chi connectivity index (χ3n) is 6.22. The van der Waals surface area contributed by atoms with Crippen molar-refractivity contribution in [2.45, 2.75) is 78.5 Å². The Labute approximate surface area is 125 Å². The van der Waals surface area contributed by atoms with Crippen LogP contribution in [0.1, 0.15) is 73.1 Å². The summed E-state index contributed by atoms with van der Waals surface area (Å²) >= 11 is 6.75. The Morgan fingerprint density at radius 3 is 1.89 bits per heavy atom. The summed E-state index contributed by atoms with van der Waals surface area (Å²) < 4.78 is 0. The highest BCUT2D eigenvalue weighted by Crippen LogP contribution is 2.52. The summed E-state index contributed by atoms with van der Waals surface area (Å²) in [5, 5.41) is 0.409. The zero-order valence-corrected chi connectivity index (χ0v) is 14.3. The number of halogens is 1. The van der Waals surface area contributed by atoms with Crippen molar-refractivity contribution >= 4 is 11.6 Å². The molecule has 0 aromatic carbocycles. The molecule has 2 rings (SSSR count). The van der Waals surface area contributed by atoms with E-state index in [4.69, 9.17) is 11.6 Å². The monoisotopic (exact) mass is 284 g/mol. The van der Waals surface area contributed by atoms with E-state index in [1.165, 1.54) is 38.5 Å². The van der Waals surface area contributed by atoms with E-state index >= 15 is 0 Å². The minimum Gasteiger partial charge on any atom is -0.123 e. The normalized spacial score (nSPS) is 45.2. The van der Waals surface area contributed by atoms with Gasteiger partial charge in [0, 0.05) is 5.38 Å². The van der Waals surface area contributed by atoms with Gasteiger partial charge in [0.25, 0.3) is 0 Å². The fourth-order valence-electron chi connectivity index (χ4n) is 5.01. The molecule has 2 aliphatic rings. The Hall–Kier alpha value is 0.290. The van der Waals surface area contributed by atoms with Gasteiger partial charge in [-0.1, -0.05) is 41.0 Å². The molecule has 0 spiro atoms. The molecule has 0 N–H and O–H groups in total. The third-order valence-corrected chi connectivity index (χ3v) is 6.70. The fraction of sp³-hybridized carbons (Fsp3) is 1.00. The molecule has 5 atom stereocenters. The SMILES string of the molecule is CC1CCC(C(C)(C)C2CC(C)CC(C)C2)C(Cl)C1. The van der Waals surface area contributed by atoms with Gasteiger partial charge in [-0.15, -0.1) is 11.6 Å². The van der Waals surface area contributed by atoms with Crippen molar-refractivity contribution in [3.8, 4) is 0 Å². The predicted molar refractivity (Wildman–Crippen MR) is 85.6 cm³/mol. The van der Waals surface area contributed by atoms with Gasteiger partial charge in [-0.2, -0.15) is 0 Å².